The quantitative estimate of drug-likeness (QED) is 0.736. The van der Waals surface area contributed by atoms with Crippen molar-refractivity contribution in [3.05, 3.63) is 83.4 Å². The molecule has 1 N–H and O–H groups in total. The van der Waals surface area contributed by atoms with Crippen LogP contribution in [0.15, 0.2) is 66.7 Å². The Labute approximate surface area is 122 Å². The van der Waals surface area contributed by atoms with Crippen LogP contribution in [0.1, 0.15) is 30.5 Å². The molecule has 1 nitrogen and oxygen atoms in total. The molecule has 0 spiro atoms. The van der Waals surface area contributed by atoms with Crippen LogP contribution in [0, 0.1) is 12.3 Å². The van der Waals surface area contributed by atoms with E-state index in [9.17, 15) is 0 Å². The summed E-state index contributed by atoms with van der Waals surface area (Å²) in [4.78, 5) is 0. The standard InChI is InChI=1S/C17H17N.C2H6/c1-14-8-5-6-9-15(14)12-7-13-17(18)16-10-3-2-4-11-16;1-2/h2-11,13,18H,12H2,1H3;1-2H3/b13-7-,18-17?;. The van der Waals surface area contributed by atoms with Gasteiger partial charge < -0.3 is 5.41 Å². The van der Waals surface area contributed by atoms with Gasteiger partial charge in [-0.3, -0.25) is 0 Å². The van der Waals surface area contributed by atoms with Gasteiger partial charge in [0.2, 0.25) is 0 Å². The minimum Gasteiger partial charge on any atom is -0.300 e. The monoisotopic (exact) mass is 265 g/mol. The smallest absolute Gasteiger partial charge is 0.0609 e. The summed E-state index contributed by atoms with van der Waals surface area (Å²) in [5.41, 5.74) is 4.13. The van der Waals surface area contributed by atoms with Crippen LogP contribution >= 0.6 is 0 Å². The number of benzene rings is 2. The van der Waals surface area contributed by atoms with Crippen LogP contribution in [0.5, 0.6) is 0 Å². The van der Waals surface area contributed by atoms with Gasteiger partial charge in [-0.1, -0.05) is 74.5 Å². The molecule has 0 aliphatic carbocycles. The van der Waals surface area contributed by atoms with Gasteiger partial charge in [0.25, 0.3) is 0 Å². The highest BCUT2D eigenvalue weighted by Gasteiger charge is 1.96. The molecule has 0 amide bonds. The Balaban J connectivity index is 0.000000956. The van der Waals surface area contributed by atoms with Crippen molar-refractivity contribution in [2.75, 3.05) is 0 Å². The SMILES string of the molecule is CC.Cc1ccccc1C/C=C\C(=N)c1ccccc1. The van der Waals surface area contributed by atoms with Gasteiger partial charge in [-0.25, -0.2) is 0 Å². The van der Waals surface area contributed by atoms with Crippen molar-refractivity contribution in [2.45, 2.75) is 27.2 Å². The molecule has 1 heteroatoms. The lowest BCUT2D eigenvalue weighted by Crippen LogP contribution is -1.94. The summed E-state index contributed by atoms with van der Waals surface area (Å²) in [5, 5.41) is 7.96. The van der Waals surface area contributed by atoms with Crippen molar-refractivity contribution in [3.63, 3.8) is 0 Å². The molecule has 104 valence electrons. The van der Waals surface area contributed by atoms with E-state index >= 15 is 0 Å². The third kappa shape index (κ3) is 4.85. The summed E-state index contributed by atoms with van der Waals surface area (Å²) < 4.78 is 0. The van der Waals surface area contributed by atoms with Crippen molar-refractivity contribution in [1.82, 2.24) is 0 Å². The maximum atomic E-state index is 7.96. The predicted molar refractivity (Wildman–Crippen MR) is 88.6 cm³/mol. The largest absolute Gasteiger partial charge is 0.300 e. The summed E-state index contributed by atoms with van der Waals surface area (Å²) in [6.45, 7) is 6.12. The maximum absolute atomic E-state index is 7.96. The Morgan fingerprint density at radius 1 is 0.950 bits per heavy atom. The molecule has 0 unspecified atom stereocenters. The fourth-order valence-electron chi connectivity index (χ4n) is 1.86. The molecule has 0 heterocycles. The zero-order valence-corrected chi connectivity index (χ0v) is 12.6. The second kappa shape index (κ2) is 8.87. The number of allylic oxidation sites excluding steroid dienone is 2. The van der Waals surface area contributed by atoms with Crippen LogP contribution in [0.3, 0.4) is 0 Å². The van der Waals surface area contributed by atoms with Crippen molar-refractivity contribution in [2.24, 2.45) is 0 Å². The Hall–Kier alpha value is -2.15. The average molecular weight is 265 g/mol. The van der Waals surface area contributed by atoms with Gasteiger partial charge in [0.05, 0.1) is 5.71 Å². The highest BCUT2D eigenvalue weighted by atomic mass is 14.4. The molecule has 2 aromatic rings. The second-order valence-electron chi connectivity index (χ2n) is 4.31. The van der Waals surface area contributed by atoms with Crippen molar-refractivity contribution in [3.8, 4) is 0 Å². The van der Waals surface area contributed by atoms with Gasteiger partial charge in [-0.05, 0) is 36.1 Å². The third-order valence-electron chi connectivity index (χ3n) is 2.97. The minimum atomic E-state index is 0.559. The number of aryl methyl sites for hydroxylation is 1. The first-order valence-corrected chi connectivity index (χ1v) is 7.12. The fraction of sp³-hybridized carbons (Fsp3) is 0.211. The average Bonchev–Trinajstić information content (AvgIpc) is 2.52. The van der Waals surface area contributed by atoms with Crippen molar-refractivity contribution in [1.29, 1.82) is 5.41 Å². The fourth-order valence-corrected chi connectivity index (χ4v) is 1.86. The second-order valence-corrected chi connectivity index (χ2v) is 4.31. The van der Waals surface area contributed by atoms with Crippen molar-refractivity contribution >= 4 is 5.71 Å². The third-order valence-corrected chi connectivity index (χ3v) is 2.97. The molecule has 0 saturated heterocycles. The van der Waals surface area contributed by atoms with Gasteiger partial charge in [0.15, 0.2) is 0 Å². The topological polar surface area (TPSA) is 23.9 Å². The number of hydrogen-bond acceptors (Lipinski definition) is 1. The van der Waals surface area contributed by atoms with E-state index in [0.29, 0.717) is 5.71 Å². The van der Waals surface area contributed by atoms with E-state index in [4.69, 9.17) is 5.41 Å². The Bertz CT molecular complexity index is 553. The lowest BCUT2D eigenvalue weighted by atomic mass is 10.0. The molecule has 0 aliphatic rings. The highest BCUT2D eigenvalue weighted by molar-refractivity contribution is 6.06. The summed E-state index contributed by atoms with van der Waals surface area (Å²) in [7, 11) is 0. The van der Waals surface area contributed by atoms with Gasteiger partial charge in [-0.2, -0.15) is 0 Å². The molecule has 0 radical (unpaired) electrons. The lowest BCUT2D eigenvalue weighted by Gasteiger charge is -2.01. The maximum Gasteiger partial charge on any atom is 0.0609 e. The molecule has 0 saturated carbocycles. The zero-order chi connectivity index (χ0) is 14.8. The minimum absolute atomic E-state index is 0.559. The molecule has 0 aromatic heterocycles. The van der Waals surface area contributed by atoms with E-state index in [2.05, 4.69) is 37.3 Å². The first kappa shape index (κ1) is 15.9. The summed E-state index contributed by atoms with van der Waals surface area (Å²) in [6, 6.07) is 18.2. The van der Waals surface area contributed by atoms with Crippen LogP contribution in [0.4, 0.5) is 0 Å². The Morgan fingerprint density at radius 2 is 1.55 bits per heavy atom. The first-order valence-electron chi connectivity index (χ1n) is 7.12. The molecule has 0 atom stereocenters. The number of rotatable bonds is 4. The molecule has 2 aromatic carbocycles. The molecular weight excluding hydrogens is 242 g/mol. The predicted octanol–water partition coefficient (Wildman–Crippen LogP) is 5.19. The normalized spacial score (nSPS) is 9.95. The van der Waals surface area contributed by atoms with E-state index in [-0.39, 0.29) is 0 Å². The van der Waals surface area contributed by atoms with E-state index in [1.165, 1.54) is 11.1 Å². The van der Waals surface area contributed by atoms with Crippen LogP contribution in [0.2, 0.25) is 0 Å². The number of nitrogens with one attached hydrogen (secondary N) is 1. The summed E-state index contributed by atoms with van der Waals surface area (Å²) in [6.07, 6.45) is 4.81. The van der Waals surface area contributed by atoms with Gasteiger partial charge in [0, 0.05) is 0 Å². The summed E-state index contributed by atoms with van der Waals surface area (Å²) >= 11 is 0. The molecule has 0 bridgehead atoms. The van der Waals surface area contributed by atoms with Crippen LogP contribution in [-0.2, 0) is 6.42 Å². The molecule has 2 rings (SSSR count). The van der Waals surface area contributed by atoms with E-state index in [1.807, 2.05) is 50.3 Å². The first-order chi connectivity index (χ1) is 9.77. The van der Waals surface area contributed by atoms with Gasteiger partial charge in [-0.15, -0.1) is 0 Å². The molecular formula is C19H23N. The van der Waals surface area contributed by atoms with Crippen LogP contribution in [0.25, 0.3) is 0 Å². The van der Waals surface area contributed by atoms with Gasteiger partial charge in [0.1, 0.15) is 0 Å². The molecule has 0 fully saturated rings. The Morgan fingerprint density at radius 3 is 2.20 bits per heavy atom. The number of hydrogen-bond donors (Lipinski definition) is 1. The summed E-state index contributed by atoms with van der Waals surface area (Å²) in [5.74, 6) is 0. The van der Waals surface area contributed by atoms with Crippen molar-refractivity contribution < 1.29 is 0 Å². The van der Waals surface area contributed by atoms with E-state index < -0.39 is 0 Å². The zero-order valence-electron chi connectivity index (χ0n) is 12.6. The van der Waals surface area contributed by atoms with Gasteiger partial charge >= 0.3 is 0 Å². The van der Waals surface area contributed by atoms with Crippen LogP contribution < -0.4 is 0 Å². The van der Waals surface area contributed by atoms with E-state index in [0.717, 1.165) is 12.0 Å². The molecule has 20 heavy (non-hydrogen) atoms. The molecule has 0 aliphatic heterocycles. The Kier molecular flexibility index (Phi) is 7.05. The highest BCUT2D eigenvalue weighted by Crippen LogP contribution is 2.08. The lowest BCUT2D eigenvalue weighted by molar-refractivity contribution is 1.21. The van der Waals surface area contributed by atoms with E-state index in [1.54, 1.807) is 0 Å². The van der Waals surface area contributed by atoms with Crippen LogP contribution in [-0.4, -0.2) is 5.71 Å².